The van der Waals surface area contributed by atoms with Crippen LogP contribution in [0.3, 0.4) is 0 Å². The van der Waals surface area contributed by atoms with Crippen molar-refractivity contribution in [3.8, 4) is 0 Å². The van der Waals surface area contributed by atoms with E-state index in [0.29, 0.717) is 24.0 Å². The lowest BCUT2D eigenvalue weighted by Gasteiger charge is -2.37. The molecule has 5 heteroatoms. The first-order chi connectivity index (χ1) is 10.1. The van der Waals surface area contributed by atoms with E-state index in [9.17, 15) is 4.79 Å². The fourth-order valence-corrected chi connectivity index (χ4v) is 3.07. The molecule has 0 saturated carbocycles. The zero-order valence-corrected chi connectivity index (χ0v) is 13.3. The molecule has 1 aliphatic rings. The van der Waals surface area contributed by atoms with Gasteiger partial charge in [-0.05, 0) is 43.5 Å². The third kappa shape index (κ3) is 4.99. The zero-order chi connectivity index (χ0) is 15.2. The van der Waals surface area contributed by atoms with Crippen molar-refractivity contribution in [2.75, 3.05) is 25.0 Å². The zero-order valence-electron chi connectivity index (χ0n) is 12.5. The second-order valence-corrected chi connectivity index (χ2v) is 6.30. The predicted molar refractivity (Wildman–Crippen MR) is 87.5 cm³/mol. The highest BCUT2D eigenvalue weighted by Crippen LogP contribution is 2.22. The normalized spacial score (nSPS) is 23.0. The number of nitrogens with two attached hydrogens (primary N) is 1. The summed E-state index contributed by atoms with van der Waals surface area (Å²) in [6.07, 6.45) is 2.80. The molecule has 4 nitrogen and oxygen atoms in total. The smallest absolute Gasteiger partial charge is 0.225 e. The number of nitrogens with zero attached hydrogens (tertiary/aromatic N) is 1. The largest absolute Gasteiger partial charge is 0.329 e. The molecule has 2 rings (SSSR count). The molecule has 0 spiro atoms. The minimum Gasteiger partial charge on any atom is -0.329 e. The first-order valence-corrected chi connectivity index (χ1v) is 7.96. The molecule has 3 N–H and O–H groups in total. The second-order valence-electron chi connectivity index (χ2n) is 5.86. The van der Waals surface area contributed by atoms with Gasteiger partial charge in [-0.2, -0.15) is 0 Å². The van der Waals surface area contributed by atoms with Crippen LogP contribution in [0.5, 0.6) is 0 Å². The van der Waals surface area contributed by atoms with Gasteiger partial charge in [0.15, 0.2) is 0 Å². The predicted octanol–water partition coefficient (Wildman–Crippen LogP) is 2.73. The van der Waals surface area contributed by atoms with Crippen LogP contribution >= 0.6 is 11.6 Å². The van der Waals surface area contributed by atoms with Gasteiger partial charge in [-0.25, -0.2) is 0 Å². The van der Waals surface area contributed by atoms with Gasteiger partial charge in [0.1, 0.15) is 0 Å². The molecule has 2 atom stereocenters. The number of rotatable bonds is 5. The standard InChI is InChI=1S/C16H24ClN3O/c1-12-5-7-20(15(9-12)11-18)8-6-16(21)19-14-4-2-3-13(17)10-14/h2-4,10,12,15H,5-9,11,18H2,1H3,(H,19,21). The number of benzene rings is 1. The highest BCUT2D eigenvalue weighted by molar-refractivity contribution is 6.30. The summed E-state index contributed by atoms with van der Waals surface area (Å²) in [5.74, 6) is 0.752. The Labute approximate surface area is 131 Å². The SMILES string of the molecule is CC1CCN(CCC(=O)Nc2cccc(Cl)c2)C(CN)C1. The molecule has 1 aromatic carbocycles. The lowest BCUT2D eigenvalue weighted by Crippen LogP contribution is -2.47. The summed E-state index contributed by atoms with van der Waals surface area (Å²) >= 11 is 5.91. The molecule has 1 amide bonds. The van der Waals surface area contributed by atoms with Crippen molar-refractivity contribution in [3.05, 3.63) is 29.3 Å². The Morgan fingerprint density at radius 1 is 1.52 bits per heavy atom. The van der Waals surface area contributed by atoms with E-state index < -0.39 is 0 Å². The Morgan fingerprint density at radius 3 is 3.05 bits per heavy atom. The van der Waals surface area contributed by atoms with E-state index in [-0.39, 0.29) is 5.91 Å². The van der Waals surface area contributed by atoms with Gasteiger partial charge in [0.2, 0.25) is 5.91 Å². The number of hydrogen-bond acceptors (Lipinski definition) is 3. The van der Waals surface area contributed by atoms with Crippen LogP contribution in [0.2, 0.25) is 5.02 Å². The number of anilines is 1. The Kier molecular flexibility index (Phi) is 6.03. The summed E-state index contributed by atoms with van der Waals surface area (Å²) in [5, 5.41) is 3.51. The molecule has 0 aliphatic carbocycles. The molecule has 1 heterocycles. The van der Waals surface area contributed by atoms with E-state index in [1.807, 2.05) is 12.1 Å². The topological polar surface area (TPSA) is 58.4 Å². The van der Waals surface area contributed by atoms with E-state index in [0.717, 1.165) is 31.1 Å². The third-order valence-corrected chi connectivity index (χ3v) is 4.34. The average molecular weight is 310 g/mol. The molecule has 0 aromatic heterocycles. The van der Waals surface area contributed by atoms with Crippen LogP contribution in [-0.2, 0) is 4.79 Å². The molecule has 1 saturated heterocycles. The van der Waals surface area contributed by atoms with Gasteiger partial charge in [0, 0.05) is 36.3 Å². The van der Waals surface area contributed by atoms with Crippen molar-refractivity contribution >= 4 is 23.2 Å². The average Bonchev–Trinajstić information content (AvgIpc) is 2.45. The first kappa shape index (κ1) is 16.3. The first-order valence-electron chi connectivity index (χ1n) is 7.58. The van der Waals surface area contributed by atoms with Crippen molar-refractivity contribution in [1.82, 2.24) is 4.90 Å². The Bertz CT molecular complexity index is 480. The van der Waals surface area contributed by atoms with Gasteiger partial charge in [0.05, 0.1) is 0 Å². The van der Waals surface area contributed by atoms with Crippen LogP contribution < -0.4 is 11.1 Å². The summed E-state index contributed by atoms with van der Waals surface area (Å²) in [6, 6.07) is 7.62. The molecule has 21 heavy (non-hydrogen) atoms. The number of piperidine rings is 1. The fourth-order valence-electron chi connectivity index (χ4n) is 2.87. The quantitative estimate of drug-likeness (QED) is 0.879. The van der Waals surface area contributed by atoms with E-state index in [4.69, 9.17) is 17.3 Å². The minimum atomic E-state index is 0.0201. The third-order valence-electron chi connectivity index (χ3n) is 4.11. The molecule has 0 radical (unpaired) electrons. The van der Waals surface area contributed by atoms with Gasteiger partial charge in [0.25, 0.3) is 0 Å². The van der Waals surface area contributed by atoms with Crippen LogP contribution in [0.15, 0.2) is 24.3 Å². The van der Waals surface area contributed by atoms with Gasteiger partial charge in [-0.3, -0.25) is 9.69 Å². The van der Waals surface area contributed by atoms with Crippen molar-refractivity contribution in [2.45, 2.75) is 32.2 Å². The van der Waals surface area contributed by atoms with Crippen molar-refractivity contribution in [2.24, 2.45) is 11.7 Å². The van der Waals surface area contributed by atoms with Crippen LogP contribution in [0.1, 0.15) is 26.2 Å². The fraction of sp³-hybridized carbons (Fsp3) is 0.562. The van der Waals surface area contributed by atoms with E-state index in [1.54, 1.807) is 12.1 Å². The van der Waals surface area contributed by atoms with Gasteiger partial charge < -0.3 is 11.1 Å². The lowest BCUT2D eigenvalue weighted by atomic mass is 9.92. The number of nitrogens with one attached hydrogen (secondary N) is 1. The van der Waals surface area contributed by atoms with E-state index in [2.05, 4.69) is 17.1 Å². The van der Waals surface area contributed by atoms with Crippen molar-refractivity contribution in [3.63, 3.8) is 0 Å². The van der Waals surface area contributed by atoms with Gasteiger partial charge >= 0.3 is 0 Å². The van der Waals surface area contributed by atoms with Crippen LogP contribution in [0.4, 0.5) is 5.69 Å². The van der Waals surface area contributed by atoms with Crippen molar-refractivity contribution < 1.29 is 4.79 Å². The second kappa shape index (κ2) is 7.78. The molecule has 0 bridgehead atoms. The number of likely N-dealkylation sites (tertiary alicyclic amines) is 1. The molecule has 1 aliphatic heterocycles. The summed E-state index contributed by atoms with van der Waals surface area (Å²) in [7, 11) is 0. The van der Waals surface area contributed by atoms with Crippen LogP contribution in [0.25, 0.3) is 0 Å². The highest BCUT2D eigenvalue weighted by atomic mass is 35.5. The monoisotopic (exact) mass is 309 g/mol. The summed E-state index contributed by atoms with van der Waals surface area (Å²) in [5.41, 5.74) is 6.59. The maximum absolute atomic E-state index is 12.0. The van der Waals surface area contributed by atoms with Gasteiger partial charge in [-0.1, -0.05) is 24.6 Å². The molecule has 1 aromatic rings. The molecule has 116 valence electrons. The number of carbonyl (C=O) groups excluding carboxylic acids is 1. The molecular weight excluding hydrogens is 286 g/mol. The minimum absolute atomic E-state index is 0.0201. The lowest BCUT2D eigenvalue weighted by molar-refractivity contribution is -0.116. The van der Waals surface area contributed by atoms with Crippen molar-refractivity contribution in [1.29, 1.82) is 0 Å². The Morgan fingerprint density at radius 2 is 2.33 bits per heavy atom. The number of halogens is 1. The maximum atomic E-state index is 12.0. The summed E-state index contributed by atoms with van der Waals surface area (Å²) in [4.78, 5) is 14.4. The Balaban J connectivity index is 1.80. The van der Waals surface area contributed by atoms with E-state index in [1.165, 1.54) is 6.42 Å². The van der Waals surface area contributed by atoms with E-state index >= 15 is 0 Å². The number of amides is 1. The number of carbonyl (C=O) groups is 1. The van der Waals surface area contributed by atoms with Crippen LogP contribution in [0, 0.1) is 5.92 Å². The summed E-state index contributed by atoms with van der Waals surface area (Å²) in [6.45, 7) is 4.74. The number of hydrogen-bond donors (Lipinski definition) is 2. The Hall–Kier alpha value is -1.10. The summed E-state index contributed by atoms with van der Waals surface area (Å²) < 4.78 is 0. The highest BCUT2D eigenvalue weighted by Gasteiger charge is 2.25. The molecular formula is C16H24ClN3O. The van der Waals surface area contributed by atoms with Gasteiger partial charge in [-0.15, -0.1) is 0 Å². The molecule has 2 unspecified atom stereocenters. The molecule has 1 fully saturated rings. The maximum Gasteiger partial charge on any atom is 0.225 e. The van der Waals surface area contributed by atoms with Crippen LogP contribution in [-0.4, -0.2) is 36.5 Å².